The molecule has 2 N–H and O–H groups in total. The van der Waals surface area contributed by atoms with Crippen LogP contribution in [-0.2, 0) is 11.3 Å². The summed E-state index contributed by atoms with van der Waals surface area (Å²) in [6, 6.07) is 15.2. The number of nitrogens with two attached hydrogens (primary N) is 1. The molecule has 5 heteroatoms. The van der Waals surface area contributed by atoms with Crippen LogP contribution in [0.4, 0.5) is 4.79 Å². The van der Waals surface area contributed by atoms with Gasteiger partial charge in [-0.05, 0) is 35.2 Å². The summed E-state index contributed by atoms with van der Waals surface area (Å²) < 4.78 is 10.8. The van der Waals surface area contributed by atoms with E-state index in [1.807, 2.05) is 48.5 Å². The molecule has 2 atom stereocenters. The Bertz CT molecular complexity index is 776. The first-order chi connectivity index (χ1) is 12.6. The molecule has 5 nitrogen and oxygen atoms in total. The fraction of sp³-hybridized carbons (Fsp3) is 0.286. The summed E-state index contributed by atoms with van der Waals surface area (Å²) in [4.78, 5) is 14.4. The monoisotopic (exact) mass is 352 g/mol. The predicted octanol–water partition coefficient (Wildman–Crippen LogP) is 3.96. The maximum absolute atomic E-state index is 12.7. The second kappa shape index (κ2) is 8.06. The van der Waals surface area contributed by atoms with E-state index < -0.39 is 0 Å². The summed E-state index contributed by atoms with van der Waals surface area (Å²) in [5, 5.41) is 0. The standard InChI is InChI=1S/C21H24N2O3/c1-3-11-23(21(24)26-14-15-7-5-4-6-8-15)20-13-19(22)18-12-16(25-2)9-10-17(18)20/h3-10,12,19-20H,1,11,13-14,22H2,2H3. The van der Waals surface area contributed by atoms with Gasteiger partial charge in [0.05, 0.1) is 13.2 Å². The molecule has 0 aromatic heterocycles. The van der Waals surface area contributed by atoms with Crippen molar-refractivity contribution < 1.29 is 14.3 Å². The summed E-state index contributed by atoms with van der Waals surface area (Å²) in [5.41, 5.74) is 9.30. The smallest absolute Gasteiger partial charge is 0.410 e. The number of rotatable bonds is 6. The molecule has 0 saturated heterocycles. The number of amides is 1. The lowest BCUT2D eigenvalue weighted by molar-refractivity contribution is 0.0842. The van der Waals surface area contributed by atoms with Crippen LogP contribution in [-0.4, -0.2) is 24.6 Å². The summed E-state index contributed by atoms with van der Waals surface area (Å²) in [5.74, 6) is 0.766. The van der Waals surface area contributed by atoms with E-state index in [1.54, 1.807) is 18.1 Å². The van der Waals surface area contributed by atoms with E-state index in [-0.39, 0.29) is 24.8 Å². The first-order valence-corrected chi connectivity index (χ1v) is 8.65. The van der Waals surface area contributed by atoms with Gasteiger partial charge in [0, 0.05) is 12.6 Å². The molecule has 0 aliphatic heterocycles. The number of fused-ring (bicyclic) bond motifs is 1. The minimum absolute atomic E-state index is 0.132. The summed E-state index contributed by atoms with van der Waals surface area (Å²) in [7, 11) is 1.63. The molecule has 0 bridgehead atoms. The third-order valence-corrected chi connectivity index (χ3v) is 4.67. The van der Waals surface area contributed by atoms with Gasteiger partial charge in [0.2, 0.25) is 0 Å². The highest BCUT2D eigenvalue weighted by Crippen LogP contribution is 2.42. The van der Waals surface area contributed by atoms with Gasteiger partial charge in [0.15, 0.2) is 0 Å². The molecule has 3 rings (SSSR count). The van der Waals surface area contributed by atoms with Crippen molar-refractivity contribution in [3.05, 3.63) is 77.9 Å². The summed E-state index contributed by atoms with van der Waals surface area (Å²) in [6.45, 7) is 4.41. The predicted molar refractivity (Wildman–Crippen MR) is 101 cm³/mol. The van der Waals surface area contributed by atoms with Crippen molar-refractivity contribution in [2.45, 2.75) is 25.1 Å². The topological polar surface area (TPSA) is 64.8 Å². The third-order valence-electron chi connectivity index (χ3n) is 4.67. The van der Waals surface area contributed by atoms with Crippen LogP contribution in [0.1, 0.15) is 35.2 Å². The van der Waals surface area contributed by atoms with E-state index in [9.17, 15) is 4.79 Å². The third kappa shape index (κ3) is 3.73. The molecule has 1 aliphatic rings. The number of benzene rings is 2. The molecule has 1 aliphatic carbocycles. The van der Waals surface area contributed by atoms with Crippen molar-refractivity contribution in [1.29, 1.82) is 0 Å². The average molecular weight is 352 g/mol. The molecule has 2 aromatic rings. The molecule has 1 amide bonds. The highest BCUT2D eigenvalue weighted by Gasteiger charge is 2.35. The highest BCUT2D eigenvalue weighted by atomic mass is 16.6. The number of carbonyl (C=O) groups is 1. The van der Waals surface area contributed by atoms with Gasteiger partial charge in [-0.3, -0.25) is 4.90 Å². The Morgan fingerprint density at radius 1 is 1.27 bits per heavy atom. The zero-order valence-electron chi connectivity index (χ0n) is 14.9. The quantitative estimate of drug-likeness (QED) is 0.799. The Morgan fingerprint density at radius 3 is 2.73 bits per heavy atom. The molecule has 0 spiro atoms. The number of nitrogens with zero attached hydrogens (tertiary/aromatic N) is 1. The molecule has 136 valence electrons. The molecule has 0 saturated carbocycles. The van der Waals surface area contributed by atoms with E-state index >= 15 is 0 Å². The van der Waals surface area contributed by atoms with Gasteiger partial charge in [-0.2, -0.15) is 0 Å². The second-order valence-electron chi connectivity index (χ2n) is 6.33. The second-order valence-corrected chi connectivity index (χ2v) is 6.33. The highest BCUT2D eigenvalue weighted by molar-refractivity contribution is 5.69. The minimum Gasteiger partial charge on any atom is -0.497 e. The summed E-state index contributed by atoms with van der Waals surface area (Å²) >= 11 is 0. The lowest BCUT2D eigenvalue weighted by Crippen LogP contribution is -2.35. The van der Waals surface area contributed by atoms with Crippen molar-refractivity contribution >= 4 is 6.09 Å². The number of carbonyl (C=O) groups excluding carboxylic acids is 1. The normalized spacial score (nSPS) is 18.1. The molecule has 2 aromatic carbocycles. The van der Waals surface area contributed by atoms with Crippen molar-refractivity contribution in [3.63, 3.8) is 0 Å². The first kappa shape index (κ1) is 18.0. The van der Waals surface area contributed by atoms with Crippen molar-refractivity contribution in [3.8, 4) is 5.75 Å². The van der Waals surface area contributed by atoms with Crippen molar-refractivity contribution in [2.75, 3.05) is 13.7 Å². The van der Waals surface area contributed by atoms with E-state index in [0.29, 0.717) is 13.0 Å². The van der Waals surface area contributed by atoms with Crippen LogP contribution < -0.4 is 10.5 Å². The molecule has 2 unspecified atom stereocenters. The zero-order valence-corrected chi connectivity index (χ0v) is 14.9. The van der Waals surface area contributed by atoms with Crippen LogP contribution in [0.25, 0.3) is 0 Å². The van der Waals surface area contributed by atoms with Gasteiger partial charge in [-0.15, -0.1) is 6.58 Å². The van der Waals surface area contributed by atoms with Gasteiger partial charge >= 0.3 is 6.09 Å². The Kier molecular flexibility index (Phi) is 5.58. The molecule has 0 fully saturated rings. The van der Waals surface area contributed by atoms with Crippen LogP contribution >= 0.6 is 0 Å². The van der Waals surface area contributed by atoms with Gasteiger partial charge in [-0.25, -0.2) is 4.79 Å². The molecule has 0 heterocycles. The lowest BCUT2D eigenvalue weighted by Gasteiger charge is -2.28. The van der Waals surface area contributed by atoms with E-state index in [1.165, 1.54) is 0 Å². The SMILES string of the molecule is C=CCN(C(=O)OCc1ccccc1)C1CC(N)c2cc(OC)ccc21. The van der Waals surface area contributed by atoms with Crippen molar-refractivity contribution in [2.24, 2.45) is 5.73 Å². The van der Waals surface area contributed by atoms with Crippen LogP contribution in [0.3, 0.4) is 0 Å². The van der Waals surface area contributed by atoms with Crippen LogP contribution in [0, 0.1) is 0 Å². The molecule has 0 radical (unpaired) electrons. The Labute approximate surface area is 154 Å². The molecular formula is C21H24N2O3. The minimum atomic E-state index is -0.366. The van der Waals surface area contributed by atoms with Gasteiger partial charge in [-0.1, -0.05) is 42.5 Å². The van der Waals surface area contributed by atoms with E-state index in [0.717, 1.165) is 22.4 Å². The van der Waals surface area contributed by atoms with Crippen LogP contribution in [0.15, 0.2) is 61.2 Å². The van der Waals surface area contributed by atoms with Crippen LogP contribution in [0.2, 0.25) is 0 Å². The largest absolute Gasteiger partial charge is 0.497 e. The average Bonchev–Trinajstić information content (AvgIpc) is 3.00. The number of hydrogen-bond acceptors (Lipinski definition) is 4. The van der Waals surface area contributed by atoms with Gasteiger partial charge in [0.25, 0.3) is 0 Å². The Hall–Kier alpha value is -2.79. The van der Waals surface area contributed by atoms with E-state index in [2.05, 4.69) is 6.58 Å². The van der Waals surface area contributed by atoms with Gasteiger partial charge in [0.1, 0.15) is 12.4 Å². The fourth-order valence-electron chi connectivity index (χ4n) is 3.36. The number of ether oxygens (including phenoxy) is 2. The number of methoxy groups -OCH3 is 1. The van der Waals surface area contributed by atoms with Gasteiger partial charge < -0.3 is 15.2 Å². The molecule has 26 heavy (non-hydrogen) atoms. The zero-order chi connectivity index (χ0) is 18.5. The Morgan fingerprint density at radius 2 is 2.04 bits per heavy atom. The lowest BCUT2D eigenvalue weighted by atomic mass is 10.1. The molecular weight excluding hydrogens is 328 g/mol. The van der Waals surface area contributed by atoms with E-state index in [4.69, 9.17) is 15.2 Å². The maximum Gasteiger partial charge on any atom is 0.410 e. The fourth-order valence-corrected chi connectivity index (χ4v) is 3.36. The summed E-state index contributed by atoms with van der Waals surface area (Å²) in [6.07, 6.45) is 1.99. The maximum atomic E-state index is 12.7. The first-order valence-electron chi connectivity index (χ1n) is 8.65. The van der Waals surface area contributed by atoms with Crippen LogP contribution in [0.5, 0.6) is 5.75 Å². The Balaban J connectivity index is 1.78. The van der Waals surface area contributed by atoms with Crippen molar-refractivity contribution in [1.82, 2.24) is 4.90 Å². The number of hydrogen-bond donors (Lipinski definition) is 1.